The summed E-state index contributed by atoms with van der Waals surface area (Å²) < 4.78 is 14.0. The molecule has 3 rings (SSSR count). The number of aliphatic hydroxyl groups is 1. The summed E-state index contributed by atoms with van der Waals surface area (Å²) in [6.45, 7) is 5.09. The Balaban J connectivity index is 1.79. The number of aryl methyl sites for hydroxylation is 2. The highest BCUT2D eigenvalue weighted by Crippen LogP contribution is 2.35. The van der Waals surface area contributed by atoms with Gasteiger partial charge in [-0.2, -0.15) is 0 Å². The van der Waals surface area contributed by atoms with Gasteiger partial charge in [-0.15, -0.1) is 0 Å². The predicted molar refractivity (Wildman–Crippen MR) is 83.2 cm³/mol. The summed E-state index contributed by atoms with van der Waals surface area (Å²) in [7, 11) is 0. The lowest BCUT2D eigenvalue weighted by Gasteiger charge is -2.39. The second kappa shape index (κ2) is 5.65. The molecule has 5 heteroatoms. The first kappa shape index (κ1) is 14.9. The van der Waals surface area contributed by atoms with Gasteiger partial charge >= 0.3 is 0 Å². The fourth-order valence-electron chi connectivity index (χ4n) is 3.07. The van der Waals surface area contributed by atoms with Crippen molar-refractivity contribution in [2.45, 2.75) is 32.3 Å². The third-order valence-electron chi connectivity index (χ3n) is 4.24. The van der Waals surface area contributed by atoms with Gasteiger partial charge in [0, 0.05) is 30.4 Å². The fraction of sp³-hybridized carbons (Fsp3) is 0.412. The third kappa shape index (κ3) is 2.81. The number of rotatable bonds is 2. The molecule has 1 aliphatic heterocycles. The van der Waals surface area contributed by atoms with Crippen molar-refractivity contribution >= 4 is 5.82 Å². The number of nitrogens with zero attached hydrogens (tertiary/aromatic N) is 3. The fourth-order valence-corrected chi connectivity index (χ4v) is 3.07. The first-order valence-electron chi connectivity index (χ1n) is 7.52. The second-order valence-electron chi connectivity index (χ2n) is 5.91. The van der Waals surface area contributed by atoms with Gasteiger partial charge in [-0.05, 0) is 32.8 Å². The molecule has 1 aromatic heterocycles. The van der Waals surface area contributed by atoms with Crippen molar-refractivity contribution in [3.05, 3.63) is 53.2 Å². The first-order chi connectivity index (χ1) is 10.5. The maximum Gasteiger partial charge on any atom is 0.132 e. The van der Waals surface area contributed by atoms with Gasteiger partial charge in [0.1, 0.15) is 17.5 Å². The minimum atomic E-state index is -1.10. The standard InChI is InChI=1S/C17H20FN3O/c1-12-11-16(20-13(2)19-12)21-9-7-17(22,8-10-21)14-5-3-4-6-15(14)18/h3-6,11,22H,7-10H2,1-2H3. The molecule has 0 spiro atoms. The predicted octanol–water partition coefficient (Wildman–Crippen LogP) is 2.72. The van der Waals surface area contributed by atoms with Gasteiger partial charge in [-0.3, -0.25) is 0 Å². The summed E-state index contributed by atoms with van der Waals surface area (Å²) in [5, 5.41) is 10.8. The molecule has 4 nitrogen and oxygen atoms in total. The molecule has 0 atom stereocenters. The van der Waals surface area contributed by atoms with Crippen LogP contribution in [0.4, 0.5) is 10.2 Å². The van der Waals surface area contributed by atoms with E-state index in [1.807, 2.05) is 19.9 Å². The molecule has 0 amide bonds. The summed E-state index contributed by atoms with van der Waals surface area (Å²) in [5.74, 6) is 1.28. The lowest BCUT2D eigenvalue weighted by molar-refractivity contribution is 0.00837. The highest BCUT2D eigenvalue weighted by molar-refractivity contribution is 5.41. The smallest absolute Gasteiger partial charge is 0.132 e. The number of aromatic nitrogens is 2. The second-order valence-corrected chi connectivity index (χ2v) is 5.91. The summed E-state index contributed by atoms with van der Waals surface area (Å²) in [5.41, 5.74) is 0.223. The van der Waals surface area contributed by atoms with E-state index in [2.05, 4.69) is 14.9 Å². The van der Waals surface area contributed by atoms with Crippen LogP contribution in [0, 0.1) is 19.7 Å². The number of halogens is 1. The molecular formula is C17H20FN3O. The van der Waals surface area contributed by atoms with Crippen molar-refractivity contribution < 1.29 is 9.50 Å². The number of benzene rings is 1. The number of hydrogen-bond acceptors (Lipinski definition) is 4. The van der Waals surface area contributed by atoms with E-state index in [4.69, 9.17) is 0 Å². The number of anilines is 1. The van der Waals surface area contributed by atoms with Crippen LogP contribution in [-0.2, 0) is 5.60 Å². The van der Waals surface area contributed by atoms with Crippen LogP contribution in [0.2, 0.25) is 0 Å². The van der Waals surface area contributed by atoms with Gasteiger partial charge < -0.3 is 10.0 Å². The molecule has 0 saturated carbocycles. The van der Waals surface area contributed by atoms with Crippen LogP contribution in [0.25, 0.3) is 0 Å². The lowest BCUT2D eigenvalue weighted by Crippen LogP contribution is -2.43. The summed E-state index contributed by atoms with van der Waals surface area (Å²) in [6, 6.07) is 8.42. The first-order valence-corrected chi connectivity index (χ1v) is 7.52. The van der Waals surface area contributed by atoms with E-state index in [0.29, 0.717) is 31.5 Å². The largest absolute Gasteiger partial charge is 0.385 e. The van der Waals surface area contributed by atoms with E-state index in [0.717, 1.165) is 17.3 Å². The Kier molecular flexibility index (Phi) is 3.83. The molecule has 2 aromatic rings. The zero-order valence-corrected chi connectivity index (χ0v) is 12.9. The topological polar surface area (TPSA) is 49.2 Å². The molecule has 0 bridgehead atoms. The van der Waals surface area contributed by atoms with Gasteiger partial charge in [-0.1, -0.05) is 18.2 Å². The Labute approximate surface area is 129 Å². The van der Waals surface area contributed by atoms with E-state index in [9.17, 15) is 9.50 Å². The van der Waals surface area contributed by atoms with Crippen LogP contribution in [0.1, 0.15) is 29.9 Å². The lowest BCUT2D eigenvalue weighted by atomic mass is 9.84. The quantitative estimate of drug-likeness (QED) is 0.926. The molecule has 116 valence electrons. The van der Waals surface area contributed by atoms with Crippen molar-refractivity contribution in [3.63, 3.8) is 0 Å². The highest BCUT2D eigenvalue weighted by Gasteiger charge is 2.36. The van der Waals surface area contributed by atoms with E-state index in [-0.39, 0.29) is 5.82 Å². The van der Waals surface area contributed by atoms with E-state index < -0.39 is 5.60 Å². The van der Waals surface area contributed by atoms with E-state index in [1.165, 1.54) is 6.07 Å². The third-order valence-corrected chi connectivity index (χ3v) is 4.24. The molecule has 0 radical (unpaired) electrons. The van der Waals surface area contributed by atoms with Gasteiger partial charge in [0.25, 0.3) is 0 Å². The number of hydrogen-bond donors (Lipinski definition) is 1. The van der Waals surface area contributed by atoms with Crippen LogP contribution in [-0.4, -0.2) is 28.2 Å². The van der Waals surface area contributed by atoms with Gasteiger partial charge in [0.15, 0.2) is 0 Å². The summed E-state index contributed by atoms with van der Waals surface area (Å²) in [6.07, 6.45) is 0.964. The average molecular weight is 301 g/mol. The normalized spacial score (nSPS) is 17.5. The molecule has 1 fully saturated rings. The van der Waals surface area contributed by atoms with Crippen LogP contribution in [0.15, 0.2) is 30.3 Å². The Hall–Kier alpha value is -2.01. The molecule has 1 aromatic carbocycles. The SMILES string of the molecule is Cc1cc(N2CCC(O)(c3ccccc3F)CC2)nc(C)n1. The maximum atomic E-state index is 14.0. The monoisotopic (exact) mass is 301 g/mol. The molecule has 22 heavy (non-hydrogen) atoms. The molecular weight excluding hydrogens is 281 g/mol. The van der Waals surface area contributed by atoms with Gasteiger partial charge in [-0.25, -0.2) is 14.4 Å². The Morgan fingerprint density at radius 1 is 1.14 bits per heavy atom. The Morgan fingerprint density at radius 2 is 1.82 bits per heavy atom. The molecule has 1 N–H and O–H groups in total. The summed E-state index contributed by atoms with van der Waals surface area (Å²) in [4.78, 5) is 10.9. The van der Waals surface area contributed by atoms with Gasteiger partial charge in [0.2, 0.25) is 0 Å². The molecule has 1 aliphatic rings. The zero-order valence-electron chi connectivity index (χ0n) is 12.9. The van der Waals surface area contributed by atoms with Gasteiger partial charge in [0.05, 0.1) is 5.60 Å². The Morgan fingerprint density at radius 3 is 2.45 bits per heavy atom. The molecule has 2 heterocycles. The van der Waals surface area contributed by atoms with Crippen molar-refractivity contribution in [1.29, 1.82) is 0 Å². The number of piperidine rings is 1. The van der Waals surface area contributed by atoms with Crippen LogP contribution >= 0.6 is 0 Å². The van der Waals surface area contributed by atoms with Crippen molar-refractivity contribution in [2.75, 3.05) is 18.0 Å². The highest BCUT2D eigenvalue weighted by atomic mass is 19.1. The zero-order chi connectivity index (χ0) is 15.7. The minimum Gasteiger partial charge on any atom is -0.385 e. The van der Waals surface area contributed by atoms with E-state index in [1.54, 1.807) is 18.2 Å². The Bertz CT molecular complexity index is 661. The van der Waals surface area contributed by atoms with Crippen molar-refractivity contribution in [3.8, 4) is 0 Å². The van der Waals surface area contributed by atoms with Crippen LogP contribution in [0.5, 0.6) is 0 Å². The molecule has 0 unspecified atom stereocenters. The average Bonchev–Trinajstić information content (AvgIpc) is 2.47. The summed E-state index contributed by atoms with van der Waals surface area (Å²) >= 11 is 0. The van der Waals surface area contributed by atoms with Crippen LogP contribution < -0.4 is 4.90 Å². The van der Waals surface area contributed by atoms with Crippen molar-refractivity contribution in [1.82, 2.24) is 9.97 Å². The van der Waals surface area contributed by atoms with Crippen LogP contribution in [0.3, 0.4) is 0 Å². The maximum absolute atomic E-state index is 14.0. The molecule has 1 saturated heterocycles. The molecule has 0 aliphatic carbocycles. The van der Waals surface area contributed by atoms with E-state index >= 15 is 0 Å². The minimum absolute atomic E-state index is 0.341. The van der Waals surface area contributed by atoms with Crippen molar-refractivity contribution in [2.24, 2.45) is 0 Å².